The molecule has 0 saturated carbocycles. The molecule has 0 fully saturated rings. The van der Waals surface area contributed by atoms with Gasteiger partial charge in [0.1, 0.15) is 5.82 Å². The van der Waals surface area contributed by atoms with Crippen LogP contribution in [-0.4, -0.2) is 15.1 Å². The third-order valence-electron chi connectivity index (χ3n) is 4.49. The number of anilines is 1. The van der Waals surface area contributed by atoms with Gasteiger partial charge in [-0.25, -0.2) is 4.98 Å². The molecule has 1 N–H and O–H groups in total. The third-order valence-corrected chi connectivity index (χ3v) is 4.49. The van der Waals surface area contributed by atoms with Gasteiger partial charge in [-0.3, -0.25) is 0 Å². The van der Waals surface area contributed by atoms with Crippen LogP contribution in [0.2, 0.25) is 0 Å². The summed E-state index contributed by atoms with van der Waals surface area (Å²) in [6.45, 7) is 3.95. The Hall–Kier alpha value is -2.69. The molecule has 3 aromatic rings. The fourth-order valence-corrected chi connectivity index (χ4v) is 3.33. The van der Waals surface area contributed by atoms with E-state index in [1.165, 1.54) is 23.1 Å². The van der Waals surface area contributed by atoms with Crippen molar-refractivity contribution in [3.8, 4) is 11.5 Å². The van der Waals surface area contributed by atoms with Crippen LogP contribution >= 0.6 is 0 Å². The predicted molar refractivity (Wildman–Crippen MR) is 92.7 cm³/mol. The first-order chi connectivity index (χ1) is 11.7. The highest BCUT2D eigenvalue weighted by Gasteiger charge is 2.22. The molecule has 0 radical (unpaired) electrons. The summed E-state index contributed by atoms with van der Waals surface area (Å²) in [7, 11) is 0. The first kappa shape index (κ1) is 14.9. The smallest absolute Gasteiger partial charge is 0.261 e. The van der Waals surface area contributed by atoms with Crippen molar-refractivity contribution >= 4 is 5.82 Å². The highest BCUT2D eigenvalue weighted by molar-refractivity contribution is 5.69. The fraction of sp³-hybridized carbons (Fsp3) is 0.316. The lowest BCUT2D eigenvalue weighted by molar-refractivity contribution is 0.425. The van der Waals surface area contributed by atoms with Crippen molar-refractivity contribution in [2.45, 2.75) is 39.2 Å². The monoisotopic (exact) mass is 320 g/mol. The summed E-state index contributed by atoms with van der Waals surface area (Å²) in [5.41, 5.74) is 4.93. The van der Waals surface area contributed by atoms with E-state index in [1.807, 2.05) is 19.1 Å². The Morgan fingerprint density at radius 1 is 1.21 bits per heavy atom. The molecule has 0 bridgehead atoms. The molecule has 24 heavy (non-hydrogen) atoms. The van der Waals surface area contributed by atoms with Crippen LogP contribution in [0.25, 0.3) is 11.5 Å². The van der Waals surface area contributed by atoms with Crippen LogP contribution in [0, 0.1) is 13.8 Å². The number of pyridine rings is 1. The molecule has 1 aromatic carbocycles. The Kier molecular flexibility index (Phi) is 3.76. The summed E-state index contributed by atoms with van der Waals surface area (Å²) in [5, 5.41) is 7.49. The average Bonchev–Trinajstić information content (AvgIpc) is 3.02. The summed E-state index contributed by atoms with van der Waals surface area (Å²) in [4.78, 5) is 8.85. The van der Waals surface area contributed by atoms with E-state index in [9.17, 15) is 0 Å². The Labute approximate surface area is 141 Å². The molecule has 5 heteroatoms. The van der Waals surface area contributed by atoms with Gasteiger partial charge in [0, 0.05) is 6.20 Å². The van der Waals surface area contributed by atoms with E-state index in [-0.39, 0.29) is 6.04 Å². The Bertz CT molecular complexity index is 871. The second-order valence-electron chi connectivity index (χ2n) is 6.34. The summed E-state index contributed by atoms with van der Waals surface area (Å²) in [5.74, 6) is 1.92. The number of rotatable bonds is 3. The van der Waals surface area contributed by atoms with E-state index in [4.69, 9.17) is 4.52 Å². The topological polar surface area (TPSA) is 63.8 Å². The fourth-order valence-electron chi connectivity index (χ4n) is 3.33. The van der Waals surface area contributed by atoms with Gasteiger partial charge >= 0.3 is 0 Å². The lowest BCUT2D eigenvalue weighted by Gasteiger charge is -2.27. The van der Waals surface area contributed by atoms with Crippen molar-refractivity contribution in [3.05, 3.63) is 59.0 Å². The molecule has 0 saturated heterocycles. The number of aromatic nitrogens is 3. The summed E-state index contributed by atoms with van der Waals surface area (Å²) >= 11 is 0. The maximum absolute atomic E-state index is 5.33. The van der Waals surface area contributed by atoms with Crippen molar-refractivity contribution in [2.75, 3.05) is 5.32 Å². The van der Waals surface area contributed by atoms with Gasteiger partial charge in [-0.1, -0.05) is 28.9 Å². The lowest BCUT2D eigenvalue weighted by Crippen LogP contribution is -2.18. The molecule has 1 aliphatic rings. The van der Waals surface area contributed by atoms with Gasteiger partial charge in [-0.2, -0.15) is 4.98 Å². The van der Waals surface area contributed by atoms with Gasteiger partial charge in [0.2, 0.25) is 0 Å². The van der Waals surface area contributed by atoms with Crippen LogP contribution in [0.1, 0.15) is 41.4 Å². The predicted octanol–water partition coefficient (Wildman–Crippen LogP) is 4.24. The minimum atomic E-state index is 0.256. The largest absolute Gasteiger partial charge is 0.363 e. The second-order valence-corrected chi connectivity index (χ2v) is 6.34. The molecule has 1 unspecified atom stereocenters. The Balaban J connectivity index is 1.69. The maximum Gasteiger partial charge on any atom is 0.261 e. The number of benzene rings is 1. The molecular weight excluding hydrogens is 300 g/mol. The van der Waals surface area contributed by atoms with Gasteiger partial charge < -0.3 is 9.84 Å². The Morgan fingerprint density at radius 3 is 2.96 bits per heavy atom. The van der Waals surface area contributed by atoms with E-state index in [0.717, 1.165) is 24.2 Å². The molecule has 2 heterocycles. The van der Waals surface area contributed by atoms with Crippen molar-refractivity contribution in [2.24, 2.45) is 0 Å². The zero-order chi connectivity index (χ0) is 16.5. The van der Waals surface area contributed by atoms with E-state index in [1.54, 1.807) is 6.20 Å². The number of hydrogen-bond donors (Lipinski definition) is 1. The number of hydrogen-bond acceptors (Lipinski definition) is 5. The zero-order valence-electron chi connectivity index (χ0n) is 13.9. The quantitative estimate of drug-likeness (QED) is 0.782. The zero-order valence-corrected chi connectivity index (χ0v) is 13.9. The van der Waals surface area contributed by atoms with Crippen molar-refractivity contribution in [3.63, 3.8) is 0 Å². The minimum Gasteiger partial charge on any atom is -0.363 e. The van der Waals surface area contributed by atoms with Crippen LogP contribution < -0.4 is 5.32 Å². The van der Waals surface area contributed by atoms with Crippen molar-refractivity contribution < 1.29 is 4.52 Å². The standard InChI is InChI=1S/C19H20N4O/c1-12-8-9-14-5-3-7-17(16(14)11-12)22-18-15(6-4-10-20-18)19-21-13(2)23-24-19/h4,6,8-11,17H,3,5,7H2,1-2H3,(H,20,22). The first-order valence-electron chi connectivity index (χ1n) is 8.32. The average molecular weight is 320 g/mol. The second kappa shape index (κ2) is 6.07. The molecule has 122 valence electrons. The van der Waals surface area contributed by atoms with Crippen LogP contribution in [0.3, 0.4) is 0 Å². The van der Waals surface area contributed by atoms with E-state index in [2.05, 4.69) is 45.6 Å². The minimum absolute atomic E-state index is 0.256. The van der Waals surface area contributed by atoms with Crippen LogP contribution in [0.15, 0.2) is 41.1 Å². The number of aryl methyl sites for hydroxylation is 3. The van der Waals surface area contributed by atoms with Crippen molar-refractivity contribution in [1.29, 1.82) is 0 Å². The molecule has 5 nitrogen and oxygen atoms in total. The maximum atomic E-state index is 5.33. The molecule has 0 spiro atoms. The molecule has 0 amide bonds. The van der Waals surface area contributed by atoms with Crippen molar-refractivity contribution in [1.82, 2.24) is 15.1 Å². The van der Waals surface area contributed by atoms with Gasteiger partial charge in [-0.15, -0.1) is 0 Å². The Morgan fingerprint density at radius 2 is 2.12 bits per heavy atom. The van der Waals surface area contributed by atoms with Gasteiger partial charge in [-0.05, 0) is 56.4 Å². The summed E-state index contributed by atoms with van der Waals surface area (Å²) in [6, 6.07) is 10.8. The molecular formula is C19H20N4O. The highest BCUT2D eigenvalue weighted by atomic mass is 16.5. The summed E-state index contributed by atoms with van der Waals surface area (Å²) in [6.07, 6.45) is 5.20. The number of fused-ring (bicyclic) bond motifs is 1. The third kappa shape index (κ3) is 2.77. The van der Waals surface area contributed by atoms with Gasteiger partial charge in [0.25, 0.3) is 5.89 Å². The number of nitrogens with one attached hydrogen (secondary N) is 1. The number of nitrogens with zero attached hydrogens (tertiary/aromatic N) is 3. The SMILES string of the molecule is Cc1ccc2c(c1)C(Nc1ncccc1-c1nc(C)no1)CCC2. The molecule has 1 atom stereocenters. The van der Waals surface area contributed by atoms with Crippen LogP contribution in [-0.2, 0) is 6.42 Å². The molecule has 4 rings (SSSR count). The van der Waals surface area contributed by atoms with Crippen LogP contribution in [0.5, 0.6) is 0 Å². The summed E-state index contributed by atoms with van der Waals surface area (Å²) < 4.78 is 5.33. The van der Waals surface area contributed by atoms with Gasteiger partial charge in [0.05, 0.1) is 11.6 Å². The van der Waals surface area contributed by atoms with E-state index >= 15 is 0 Å². The molecule has 2 aromatic heterocycles. The van der Waals surface area contributed by atoms with E-state index < -0.39 is 0 Å². The van der Waals surface area contributed by atoms with E-state index in [0.29, 0.717) is 11.7 Å². The van der Waals surface area contributed by atoms with Gasteiger partial charge in [0.15, 0.2) is 5.82 Å². The molecule has 1 aliphatic carbocycles. The normalized spacial score (nSPS) is 16.7. The molecule has 0 aliphatic heterocycles. The highest BCUT2D eigenvalue weighted by Crippen LogP contribution is 2.35. The lowest BCUT2D eigenvalue weighted by atomic mass is 9.86. The first-order valence-corrected chi connectivity index (χ1v) is 8.32. The van der Waals surface area contributed by atoms with Crippen LogP contribution in [0.4, 0.5) is 5.82 Å².